The minimum absolute atomic E-state index is 0.0276. The van der Waals surface area contributed by atoms with Gasteiger partial charge in [0.25, 0.3) is 0 Å². The van der Waals surface area contributed by atoms with Crippen molar-refractivity contribution in [3.05, 3.63) is 22.5 Å². The molecule has 7 heteroatoms. The summed E-state index contributed by atoms with van der Waals surface area (Å²) in [6.07, 6.45) is 13.5. The largest absolute Gasteiger partial charge is 0.384 e. The second-order valence-electron chi connectivity index (χ2n) is 12.7. The van der Waals surface area contributed by atoms with E-state index in [0.717, 1.165) is 31.8 Å². The van der Waals surface area contributed by atoms with Crippen molar-refractivity contribution in [3.63, 3.8) is 0 Å². The Morgan fingerprint density at radius 3 is 2.68 bits per heavy atom. The third kappa shape index (κ3) is 3.48. The number of carbonyl (C=O) groups is 1. The third-order valence-corrected chi connectivity index (χ3v) is 11.2. The molecule has 188 valence electrons. The Morgan fingerprint density at radius 2 is 1.97 bits per heavy atom. The first kappa shape index (κ1) is 24.0. The van der Waals surface area contributed by atoms with E-state index in [-0.39, 0.29) is 34.8 Å². The predicted octanol–water partition coefficient (Wildman–Crippen LogP) is 5.67. The monoisotopic (exact) mass is 471 g/mol. The summed E-state index contributed by atoms with van der Waals surface area (Å²) in [5.41, 5.74) is 0.605. The van der Waals surface area contributed by atoms with E-state index in [1.807, 2.05) is 7.11 Å². The van der Waals surface area contributed by atoms with Gasteiger partial charge < -0.3 is 4.74 Å². The van der Waals surface area contributed by atoms with Crippen LogP contribution in [0.1, 0.15) is 78.6 Å². The van der Waals surface area contributed by atoms with Crippen molar-refractivity contribution in [3.8, 4) is 0 Å². The highest BCUT2D eigenvalue weighted by molar-refractivity contribution is 5.82. The Labute approximate surface area is 203 Å². The zero-order valence-corrected chi connectivity index (χ0v) is 21.3. The summed E-state index contributed by atoms with van der Waals surface area (Å²) in [7, 11) is 1.88. The molecule has 0 saturated heterocycles. The van der Waals surface area contributed by atoms with E-state index in [0.29, 0.717) is 23.2 Å². The number of rotatable bonds is 6. The predicted molar refractivity (Wildman–Crippen MR) is 129 cm³/mol. The number of carbonyl (C=O) groups excluding carboxylic acids is 1. The highest BCUT2D eigenvalue weighted by Gasteiger charge is 2.65. The normalized spacial score (nSPS) is 43.6. The van der Waals surface area contributed by atoms with E-state index in [9.17, 15) is 14.9 Å². The first-order chi connectivity index (χ1) is 16.1. The van der Waals surface area contributed by atoms with Crippen LogP contribution in [0.3, 0.4) is 0 Å². The van der Waals surface area contributed by atoms with Gasteiger partial charge in [-0.2, -0.15) is 5.10 Å². The van der Waals surface area contributed by atoms with E-state index in [4.69, 9.17) is 4.74 Å². The Balaban J connectivity index is 1.37. The van der Waals surface area contributed by atoms with Crippen LogP contribution < -0.4 is 0 Å². The summed E-state index contributed by atoms with van der Waals surface area (Å²) in [5.74, 6) is 2.98. The Kier molecular flexibility index (Phi) is 5.93. The quantitative estimate of drug-likeness (QED) is 0.394. The maximum Gasteiger partial charge on any atom is 0.307 e. The summed E-state index contributed by atoms with van der Waals surface area (Å²) in [4.78, 5) is 24.0. The maximum absolute atomic E-state index is 13.4. The summed E-state index contributed by atoms with van der Waals surface area (Å²) in [6.45, 7) is 8.36. The van der Waals surface area contributed by atoms with Crippen molar-refractivity contribution in [1.29, 1.82) is 0 Å². The molecule has 4 fully saturated rings. The number of Topliss-reactive ketones (excluding diaryl/α,β-unsaturated/α-hetero) is 1. The number of hydrogen-bond acceptors (Lipinski definition) is 5. The summed E-state index contributed by atoms with van der Waals surface area (Å²) in [5, 5.41) is 15.1. The Morgan fingerprint density at radius 1 is 1.18 bits per heavy atom. The van der Waals surface area contributed by atoms with Gasteiger partial charge in [0.05, 0.1) is 11.5 Å². The molecule has 0 N–H and O–H groups in total. The number of methoxy groups -OCH3 is 1. The molecule has 7 nitrogen and oxygen atoms in total. The molecule has 34 heavy (non-hydrogen) atoms. The first-order valence-electron chi connectivity index (χ1n) is 13.3. The van der Waals surface area contributed by atoms with Crippen molar-refractivity contribution < 1.29 is 14.5 Å². The summed E-state index contributed by atoms with van der Waals surface area (Å²) < 4.78 is 7.41. The fourth-order valence-corrected chi connectivity index (χ4v) is 9.67. The molecule has 4 aliphatic carbocycles. The Bertz CT molecular complexity index is 961. The van der Waals surface area contributed by atoms with Crippen LogP contribution in [-0.4, -0.2) is 34.2 Å². The van der Waals surface area contributed by atoms with Gasteiger partial charge in [-0.25, -0.2) is 0 Å². The number of ether oxygens (including phenoxy) is 1. The smallest absolute Gasteiger partial charge is 0.307 e. The fraction of sp³-hybridized carbons (Fsp3) is 0.852. The molecule has 5 rings (SSSR count). The van der Waals surface area contributed by atoms with Gasteiger partial charge >= 0.3 is 5.69 Å². The van der Waals surface area contributed by atoms with Crippen LogP contribution >= 0.6 is 0 Å². The van der Waals surface area contributed by atoms with Crippen LogP contribution in [0.15, 0.2) is 12.4 Å². The van der Waals surface area contributed by atoms with Crippen molar-refractivity contribution in [2.45, 2.75) is 85.1 Å². The van der Waals surface area contributed by atoms with Crippen molar-refractivity contribution in [1.82, 2.24) is 9.78 Å². The summed E-state index contributed by atoms with van der Waals surface area (Å²) >= 11 is 0. The van der Waals surface area contributed by atoms with Crippen LogP contribution in [0.5, 0.6) is 0 Å². The molecule has 1 aromatic heterocycles. The van der Waals surface area contributed by atoms with Gasteiger partial charge in [0, 0.05) is 18.4 Å². The number of nitrogens with zero attached hydrogens (tertiary/aromatic N) is 3. The van der Waals surface area contributed by atoms with Crippen LogP contribution in [0.4, 0.5) is 5.69 Å². The number of nitro groups is 1. The van der Waals surface area contributed by atoms with E-state index >= 15 is 0 Å². The van der Waals surface area contributed by atoms with Gasteiger partial charge in [0.1, 0.15) is 18.9 Å². The molecule has 4 saturated carbocycles. The molecule has 1 heterocycles. The van der Waals surface area contributed by atoms with Gasteiger partial charge in [-0.05, 0) is 85.9 Å². The average Bonchev–Trinajstić information content (AvgIpc) is 3.38. The lowest BCUT2D eigenvalue weighted by Crippen LogP contribution is -2.60. The van der Waals surface area contributed by atoms with E-state index < -0.39 is 4.92 Å². The molecule has 0 bridgehead atoms. The van der Waals surface area contributed by atoms with E-state index in [2.05, 4.69) is 25.9 Å². The van der Waals surface area contributed by atoms with Crippen molar-refractivity contribution in [2.75, 3.05) is 13.7 Å². The van der Waals surface area contributed by atoms with Gasteiger partial charge in [-0.15, -0.1) is 0 Å². The molecular weight excluding hydrogens is 430 g/mol. The lowest BCUT2D eigenvalue weighted by atomic mass is 9.39. The average molecular weight is 472 g/mol. The SMILES string of the molecule is COCC12CCC(C)CC1(C)CCC1C3CCC(C(=O)Cn4cc([N+](=O)[O-])cn4)C3(C)CCC12. The molecule has 4 aliphatic rings. The number of ketones is 1. The summed E-state index contributed by atoms with van der Waals surface area (Å²) in [6, 6.07) is 0. The van der Waals surface area contributed by atoms with Gasteiger partial charge in [0.15, 0.2) is 5.78 Å². The second kappa shape index (κ2) is 8.42. The second-order valence-corrected chi connectivity index (χ2v) is 12.7. The zero-order chi connectivity index (χ0) is 24.3. The lowest BCUT2D eigenvalue weighted by molar-refractivity contribution is -0.385. The zero-order valence-electron chi connectivity index (χ0n) is 21.3. The molecule has 0 aromatic carbocycles. The molecule has 0 amide bonds. The van der Waals surface area contributed by atoms with Gasteiger partial charge in [-0.3, -0.25) is 19.6 Å². The standard InChI is InChI=1S/C27H41N3O4/c1-18-7-12-27(17-34-4)22-9-11-26(3)21(20(22)8-10-25(27,2)13-18)5-6-23(26)24(31)16-29-15-19(14-28-29)30(32)33/h14-15,18,20-23H,5-13,16-17H2,1-4H3. The number of hydrogen-bond donors (Lipinski definition) is 0. The van der Waals surface area contributed by atoms with E-state index in [1.165, 1.54) is 55.6 Å². The van der Waals surface area contributed by atoms with Gasteiger partial charge in [-0.1, -0.05) is 27.2 Å². The molecule has 0 radical (unpaired) electrons. The van der Waals surface area contributed by atoms with Crippen LogP contribution in [0, 0.1) is 55.9 Å². The molecule has 0 spiro atoms. The minimum atomic E-state index is -0.457. The molecule has 8 unspecified atom stereocenters. The number of fused-ring (bicyclic) bond motifs is 5. The topological polar surface area (TPSA) is 87.3 Å². The Hall–Kier alpha value is -1.76. The maximum atomic E-state index is 13.4. The van der Waals surface area contributed by atoms with Gasteiger partial charge in [0.2, 0.25) is 0 Å². The van der Waals surface area contributed by atoms with Crippen LogP contribution in [0.25, 0.3) is 0 Å². The third-order valence-electron chi connectivity index (χ3n) is 11.2. The highest BCUT2D eigenvalue weighted by atomic mass is 16.6. The molecule has 0 aliphatic heterocycles. The number of aromatic nitrogens is 2. The van der Waals surface area contributed by atoms with Crippen molar-refractivity contribution >= 4 is 11.5 Å². The molecule has 1 aromatic rings. The fourth-order valence-electron chi connectivity index (χ4n) is 9.67. The highest BCUT2D eigenvalue weighted by Crippen LogP contribution is 2.71. The minimum Gasteiger partial charge on any atom is -0.384 e. The first-order valence-corrected chi connectivity index (χ1v) is 13.3. The van der Waals surface area contributed by atoms with Crippen LogP contribution in [-0.2, 0) is 16.1 Å². The molecule has 8 atom stereocenters. The lowest BCUT2D eigenvalue weighted by Gasteiger charge is -2.66. The van der Waals surface area contributed by atoms with E-state index in [1.54, 1.807) is 0 Å². The van der Waals surface area contributed by atoms with Crippen molar-refractivity contribution in [2.24, 2.45) is 45.8 Å². The molecular formula is C27H41N3O4. The van der Waals surface area contributed by atoms with Crippen LogP contribution in [0.2, 0.25) is 0 Å².